The smallest absolute Gasteiger partial charge is 0.316 e. The van der Waals surface area contributed by atoms with Gasteiger partial charge in [-0.3, -0.25) is 9.89 Å². The average molecular weight is 448 g/mol. The Labute approximate surface area is 184 Å². The van der Waals surface area contributed by atoms with Crippen LogP contribution in [0, 0.1) is 11.6 Å². The summed E-state index contributed by atoms with van der Waals surface area (Å²) in [6.07, 6.45) is 3.25. The molecule has 0 unspecified atom stereocenters. The van der Waals surface area contributed by atoms with Gasteiger partial charge in [0.05, 0.1) is 37.0 Å². The molecule has 164 valence electrons. The molecule has 0 atom stereocenters. The number of hydrogen-bond acceptors (Lipinski definition) is 7. The van der Waals surface area contributed by atoms with E-state index in [-0.39, 0.29) is 28.6 Å². The van der Waals surface area contributed by atoms with E-state index in [0.29, 0.717) is 11.5 Å². The van der Waals surface area contributed by atoms with Gasteiger partial charge in [0.2, 0.25) is 0 Å². The van der Waals surface area contributed by atoms with Crippen molar-refractivity contribution in [3.8, 4) is 28.7 Å². The molecule has 10 nitrogen and oxygen atoms in total. The van der Waals surface area contributed by atoms with Crippen molar-refractivity contribution in [3.63, 3.8) is 0 Å². The number of pyridine rings is 1. The number of aromatic amines is 1. The second-order valence-electron chi connectivity index (χ2n) is 6.81. The van der Waals surface area contributed by atoms with Crippen molar-refractivity contribution in [1.29, 1.82) is 0 Å². The van der Waals surface area contributed by atoms with Crippen molar-refractivity contribution < 1.29 is 18.3 Å². The highest BCUT2D eigenvalue weighted by Crippen LogP contribution is 2.26. The lowest BCUT2D eigenvalue weighted by atomic mass is 10.1. The van der Waals surface area contributed by atoms with Crippen LogP contribution >= 0.6 is 0 Å². The number of benzene rings is 1. The zero-order chi connectivity index (χ0) is 22.9. The number of carbonyl (C=O) groups excluding carboxylic acids is 1. The minimum absolute atomic E-state index is 0.0565. The van der Waals surface area contributed by atoms with E-state index in [4.69, 9.17) is 4.74 Å². The number of methoxy groups -OCH3 is 1. The number of nitrogens with one attached hydrogen (secondary N) is 2. The average Bonchev–Trinajstić information content (AvgIpc) is 3.47. The first kappa shape index (κ1) is 20.2. The van der Waals surface area contributed by atoms with Gasteiger partial charge in [0.15, 0.2) is 23.1 Å². The molecule has 2 N–H and O–H groups in total. The Morgan fingerprint density at radius 1 is 1.12 bits per heavy atom. The van der Waals surface area contributed by atoms with E-state index >= 15 is 0 Å². The van der Waals surface area contributed by atoms with Crippen LogP contribution in [-0.4, -0.2) is 47.8 Å². The molecule has 1 amide bonds. The lowest BCUT2D eigenvalue weighted by Crippen LogP contribution is -2.15. The molecule has 0 spiro atoms. The summed E-state index contributed by atoms with van der Waals surface area (Å²) in [6.45, 7) is 0. The van der Waals surface area contributed by atoms with Gasteiger partial charge in [0, 0.05) is 11.6 Å². The number of nitrogens with zero attached hydrogens (tertiary/aromatic N) is 6. The number of aromatic nitrogens is 7. The summed E-state index contributed by atoms with van der Waals surface area (Å²) < 4.78 is 35.2. The molecule has 0 fully saturated rings. The van der Waals surface area contributed by atoms with Gasteiger partial charge in [0.25, 0.3) is 5.91 Å². The number of anilines is 1. The molecule has 0 saturated carbocycles. The Bertz CT molecular complexity index is 1480. The number of fused-ring (bicyclic) bond motifs is 1. The van der Waals surface area contributed by atoms with Crippen LogP contribution in [0.25, 0.3) is 28.3 Å². The van der Waals surface area contributed by atoms with Gasteiger partial charge in [-0.25, -0.2) is 23.3 Å². The Hall–Kier alpha value is -4.74. The third kappa shape index (κ3) is 3.73. The predicted molar refractivity (Wildman–Crippen MR) is 112 cm³/mol. The minimum Gasteiger partial charge on any atom is -0.467 e. The first-order valence-corrected chi connectivity index (χ1v) is 9.56. The van der Waals surface area contributed by atoms with Crippen molar-refractivity contribution in [3.05, 3.63) is 72.3 Å². The Kier molecular flexibility index (Phi) is 4.94. The fourth-order valence-corrected chi connectivity index (χ4v) is 3.17. The lowest BCUT2D eigenvalue weighted by Gasteiger charge is -2.08. The number of halogens is 2. The van der Waals surface area contributed by atoms with Crippen LogP contribution in [0.1, 0.15) is 10.5 Å². The number of ether oxygens (including phenoxy) is 1. The molecule has 5 rings (SSSR count). The van der Waals surface area contributed by atoms with Crippen molar-refractivity contribution in [1.82, 2.24) is 34.8 Å². The van der Waals surface area contributed by atoms with Crippen LogP contribution < -0.4 is 10.1 Å². The first-order valence-electron chi connectivity index (χ1n) is 9.56. The molecule has 4 aromatic heterocycles. The van der Waals surface area contributed by atoms with Gasteiger partial charge in [-0.2, -0.15) is 10.1 Å². The topological polar surface area (TPSA) is 123 Å². The molecule has 1 aromatic carbocycles. The Morgan fingerprint density at radius 2 is 1.94 bits per heavy atom. The zero-order valence-electron chi connectivity index (χ0n) is 17.0. The highest BCUT2D eigenvalue weighted by molar-refractivity contribution is 6.07. The molecule has 0 aliphatic heterocycles. The van der Waals surface area contributed by atoms with Gasteiger partial charge in [-0.15, -0.1) is 5.10 Å². The van der Waals surface area contributed by atoms with E-state index in [9.17, 15) is 13.6 Å². The second kappa shape index (κ2) is 8.07. The highest BCUT2D eigenvalue weighted by Gasteiger charge is 2.22. The summed E-state index contributed by atoms with van der Waals surface area (Å²) in [5, 5.41) is 13.0. The zero-order valence-corrected chi connectivity index (χ0v) is 17.0. The van der Waals surface area contributed by atoms with Gasteiger partial charge < -0.3 is 10.1 Å². The summed E-state index contributed by atoms with van der Waals surface area (Å²) >= 11 is 0. The van der Waals surface area contributed by atoms with E-state index in [1.807, 2.05) is 30.3 Å². The van der Waals surface area contributed by atoms with Gasteiger partial charge >= 0.3 is 6.01 Å². The van der Waals surface area contributed by atoms with Crippen LogP contribution in [-0.2, 0) is 0 Å². The number of hydrogen-bond donors (Lipinski definition) is 2. The molecule has 12 heteroatoms. The number of rotatable bonds is 5. The maximum Gasteiger partial charge on any atom is 0.316 e. The summed E-state index contributed by atoms with van der Waals surface area (Å²) in [5.41, 5.74) is 0.683. The molecular weight excluding hydrogens is 434 g/mol. The van der Waals surface area contributed by atoms with Crippen molar-refractivity contribution >= 4 is 17.2 Å². The standard InChI is InChI=1S/C21H14F2N8O2/c1-33-21-24-9-13(22)17(28-21)12-8-25-29-18(12)20(32)26-15-7-16-27-19(11-5-3-2-4-6-11)30-31(16)10-14(15)23/h2-10H,1H3,(H,25,29)(H,26,32). The summed E-state index contributed by atoms with van der Waals surface area (Å²) in [4.78, 5) is 24.8. The molecule has 0 aliphatic carbocycles. The summed E-state index contributed by atoms with van der Waals surface area (Å²) in [6, 6.07) is 10.5. The molecule has 0 bridgehead atoms. The maximum absolute atomic E-state index is 14.7. The van der Waals surface area contributed by atoms with Crippen molar-refractivity contribution in [2.45, 2.75) is 0 Å². The Balaban J connectivity index is 1.47. The van der Waals surface area contributed by atoms with Crippen LogP contribution in [0.15, 0.2) is 55.0 Å². The Morgan fingerprint density at radius 3 is 2.73 bits per heavy atom. The molecule has 33 heavy (non-hydrogen) atoms. The van der Waals surface area contributed by atoms with E-state index < -0.39 is 17.5 Å². The third-order valence-corrected chi connectivity index (χ3v) is 4.73. The predicted octanol–water partition coefficient (Wildman–Crippen LogP) is 3.12. The number of carbonyl (C=O) groups is 1. The number of amides is 1. The van der Waals surface area contributed by atoms with E-state index in [2.05, 4.69) is 35.6 Å². The van der Waals surface area contributed by atoms with Crippen LogP contribution in [0.4, 0.5) is 14.5 Å². The fourth-order valence-electron chi connectivity index (χ4n) is 3.17. The van der Waals surface area contributed by atoms with Crippen LogP contribution in [0.3, 0.4) is 0 Å². The molecular formula is C21H14F2N8O2. The molecule has 5 aromatic rings. The van der Waals surface area contributed by atoms with Gasteiger partial charge in [-0.1, -0.05) is 30.3 Å². The van der Waals surface area contributed by atoms with Crippen LogP contribution in [0.5, 0.6) is 6.01 Å². The fraction of sp³-hybridized carbons (Fsp3) is 0.0476. The third-order valence-electron chi connectivity index (χ3n) is 4.73. The lowest BCUT2D eigenvalue weighted by molar-refractivity contribution is 0.102. The normalized spacial score (nSPS) is 11.0. The number of H-pyrrole nitrogens is 1. The van der Waals surface area contributed by atoms with Gasteiger partial charge in [-0.05, 0) is 0 Å². The molecule has 4 heterocycles. The molecule has 0 saturated heterocycles. The summed E-state index contributed by atoms with van der Waals surface area (Å²) in [7, 11) is 1.33. The highest BCUT2D eigenvalue weighted by atomic mass is 19.1. The minimum atomic E-state index is -0.782. The van der Waals surface area contributed by atoms with E-state index in [1.54, 1.807) is 0 Å². The maximum atomic E-state index is 14.7. The van der Waals surface area contributed by atoms with Crippen molar-refractivity contribution in [2.75, 3.05) is 12.4 Å². The molecule has 0 radical (unpaired) electrons. The van der Waals surface area contributed by atoms with E-state index in [0.717, 1.165) is 18.0 Å². The van der Waals surface area contributed by atoms with Crippen molar-refractivity contribution in [2.24, 2.45) is 0 Å². The summed E-state index contributed by atoms with van der Waals surface area (Å²) in [5.74, 6) is -1.87. The first-order chi connectivity index (χ1) is 16.0. The monoisotopic (exact) mass is 448 g/mol. The molecule has 0 aliphatic rings. The SMILES string of the molecule is COc1ncc(F)c(-c2cn[nH]c2C(=O)Nc2cc3nc(-c4ccccc4)nn3cc2F)n1. The largest absolute Gasteiger partial charge is 0.467 e. The van der Waals surface area contributed by atoms with E-state index in [1.165, 1.54) is 23.9 Å². The quantitative estimate of drug-likeness (QED) is 0.423. The van der Waals surface area contributed by atoms with Gasteiger partial charge in [0.1, 0.15) is 11.4 Å². The van der Waals surface area contributed by atoms with Crippen LogP contribution in [0.2, 0.25) is 0 Å². The second-order valence-corrected chi connectivity index (χ2v) is 6.81.